The highest BCUT2D eigenvalue weighted by atomic mass is 16.3. The maximum atomic E-state index is 10.8. The van der Waals surface area contributed by atoms with Crippen molar-refractivity contribution >= 4 is 0 Å². The third-order valence-corrected chi connectivity index (χ3v) is 3.91. The van der Waals surface area contributed by atoms with Gasteiger partial charge in [-0.1, -0.05) is 18.2 Å². The van der Waals surface area contributed by atoms with Gasteiger partial charge >= 0.3 is 0 Å². The van der Waals surface area contributed by atoms with Gasteiger partial charge < -0.3 is 5.11 Å². The predicted molar refractivity (Wildman–Crippen MR) is 88.7 cm³/mol. The lowest BCUT2D eigenvalue weighted by molar-refractivity contribution is 0.138. The van der Waals surface area contributed by atoms with Gasteiger partial charge in [-0.05, 0) is 48.7 Å². The van der Waals surface area contributed by atoms with Crippen LogP contribution in [-0.4, -0.2) is 20.1 Å². The fourth-order valence-electron chi connectivity index (χ4n) is 2.70. The van der Waals surface area contributed by atoms with Gasteiger partial charge in [-0.25, -0.2) is 0 Å². The van der Waals surface area contributed by atoms with Crippen LogP contribution in [0.15, 0.2) is 73.3 Å². The van der Waals surface area contributed by atoms with Crippen molar-refractivity contribution < 1.29 is 5.11 Å². The summed E-state index contributed by atoms with van der Waals surface area (Å²) in [5, 5.41) is 10.8. The quantitative estimate of drug-likeness (QED) is 0.759. The van der Waals surface area contributed by atoms with Crippen LogP contribution in [0.1, 0.15) is 35.4 Å². The number of pyridine rings is 3. The number of hydrogen-bond donors (Lipinski definition) is 1. The molecule has 0 fully saturated rings. The molecule has 0 aliphatic heterocycles. The standard InChI is InChI=1S/C19H19N3O/c23-19(15-6-5-11-20-14-15)17(18-8-2-4-13-22-18)10-9-16-7-1-3-12-21-16/h1-8,11-14,17,19,23H,9-10H2/t17-,19+/m0/s1. The molecule has 1 N–H and O–H groups in total. The number of nitrogens with zero attached hydrogens (tertiary/aromatic N) is 3. The number of aliphatic hydroxyl groups is 1. The Labute approximate surface area is 135 Å². The summed E-state index contributed by atoms with van der Waals surface area (Å²) in [5.74, 6) is -0.0950. The molecule has 0 unspecified atom stereocenters. The molecule has 0 radical (unpaired) electrons. The minimum Gasteiger partial charge on any atom is -0.388 e. The van der Waals surface area contributed by atoms with E-state index in [1.807, 2.05) is 48.5 Å². The van der Waals surface area contributed by atoms with Gasteiger partial charge in [-0.2, -0.15) is 0 Å². The zero-order chi connectivity index (χ0) is 15.9. The molecule has 0 aliphatic carbocycles. The molecule has 0 amide bonds. The molecule has 0 saturated heterocycles. The van der Waals surface area contributed by atoms with E-state index >= 15 is 0 Å². The van der Waals surface area contributed by atoms with Crippen LogP contribution >= 0.6 is 0 Å². The molecule has 3 heterocycles. The monoisotopic (exact) mass is 305 g/mol. The molecule has 2 atom stereocenters. The van der Waals surface area contributed by atoms with E-state index < -0.39 is 6.10 Å². The second kappa shape index (κ2) is 7.61. The first kappa shape index (κ1) is 15.3. The Morgan fingerprint density at radius 1 is 0.870 bits per heavy atom. The van der Waals surface area contributed by atoms with Crippen LogP contribution in [-0.2, 0) is 6.42 Å². The van der Waals surface area contributed by atoms with Gasteiger partial charge in [0.15, 0.2) is 0 Å². The highest BCUT2D eigenvalue weighted by molar-refractivity contribution is 5.20. The molecule has 3 rings (SSSR count). The molecular formula is C19H19N3O. The third kappa shape index (κ3) is 3.99. The van der Waals surface area contributed by atoms with E-state index in [1.165, 1.54) is 0 Å². The van der Waals surface area contributed by atoms with Crippen molar-refractivity contribution in [3.05, 3.63) is 90.3 Å². The SMILES string of the molecule is O[C@H](c1cccnc1)[C@@H](CCc1ccccn1)c1ccccn1. The average molecular weight is 305 g/mol. The van der Waals surface area contributed by atoms with Crippen LogP contribution in [0, 0.1) is 0 Å². The zero-order valence-electron chi connectivity index (χ0n) is 12.8. The molecule has 4 nitrogen and oxygen atoms in total. The fourth-order valence-corrected chi connectivity index (χ4v) is 2.70. The maximum absolute atomic E-state index is 10.8. The maximum Gasteiger partial charge on any atom is 0.0888 e. The van der Waals surface area contributed by atoms with Crippen molar-refractivity contribution in [2.24, 2.45) is 0 Å². The van der Waals surface area contributed by atoms with Gasteiger partial charge in [0.2, 0.25) is 0 Å². The van der Waals surface area contributed by atoms with Gasteiger partial charge in [-0.3, -0.25) is 15.0 Å². The number of aromatic nitrogens is 3. The smallest absolute Gasteiger partial charge is 0.0888 e. The first-order valence-corrected chi connectivity index (χ1v) is 7.73. The van der Waals surface area contributed by atoms with E-state index in [0.717, 1.165) is 29.8 Å². The van der Waals surface area contributed by atoms with Gasteiger partial charge in [0.25, 0.3) is 0 Å². The van der Waals surface area contributed by atoms with Crippen molar-refractivity contribution in [1.29, 1.82) is 0 Å². The number of aryl methyl sites for hydroxylation is 1. The second-order valence-corrected chi connectivity index (χ2v) is 5.45. The Bertz CT molecular complexity index is 704. The Morgan fingerprint density at radius 2 is 1.70 bits per heavy atom. The summed E-state index contributed by atoms with van der Waals surface area (Å²) >= 11 is 0. The molecule has 3 aromatic rings. The first-order valence-electron chi connectivity index (χ1n) is 7.73. The highest BCUT2D eigenvalue weighted by Gasteiger charge is 2.24. The van der Waals surface area contributed by atoms with Gasteiger partial charge in [0, 0.05) is 42.1 Å². The molecule has 0 spiro atoms. The van der Waals surface area contributed by atoms with Crippen LogP contribution in [0.3, 0.4) is 0 Å². The molecule has 3 aromatic heterocycles. The summed E-state index contributed by atoms with van der Waals surface area (Å²) in [6.45, 7) is 0. The molecule has 116 valence electrons. The Kier molecular flexibility index (Phi) is 5.06. The molecular weight excluding hydrogens is 286 g/mol. The zero-order valence-corrected chi connectivity index (χ0v) is 12.8. The number of aliphatic hydroxyl groups excluding tert-OH is 1. The summed E-state index contributed by atoms with van der Waals surface area (Å²) in [7, 11) is 0. The minimum atomic E-state index is -0.637. The normalized spacial score (nSPS) is 13.4. The lowest BCUT2D eigenvalue weighted by Gasteiger charge is -2.22. The Morgan fingerprint density at radius 3 is 2.35 bits per heavy atom. The van der Waals surface area contributed by atoms with E-state index in [9.17, 15) is 5.11 Å². The van der Waals surface area contributed by atoms with E-state index in [2.05, 4.69) is 15.0 Å². The number of rotatable bonds is 6. The summed E-state index contributed by atoms with van der Waals surface area (Å²) in [6, 6.07) is 15.4. The van der Waals surface area contributed by atoms with Crippen LogP contribution in [0.2, 0.25) is 0 Å². The first-order chi connectivity index (χ1) is 11.3. The minimum absolute atomic E-state index is 0.0950. The fraction of sp³-hybridized carbons (Fsp3) is 0.211. The summed E-state index contributed by atoms with van der Waals surface area (Å²) in [5.41, 5.74) is 2.72. The highest BCUT2D eigenvalue weighted by Crippen LogP contribution is 2.33. The van der Waals surface area contributed by atoms with E-state index in [-0.39, 0.29) is 5.92 Å². The van der Waals surface area contributed by atoms with Crippen molar-refractivity contribution in [2.75, 3.05) is 0 Å². The Hall–Kier alpha value is -2.59. The van der Waals surface area contributed by atoms with Crippen molar-refractivity contribution in [3.8, 4) is 0 Å². The van der Waals surface area contributed by atoms with Gasteiger partial charge in [0.05, 0.1) is 6.10 Å². The van der Waals surface area contributed by atoms with Crippen molar-refractivity contribution in [2.45, 2.75) is 24.9 Å². The molecule has 0 aliphatic rings. The van der Waals surface area contributed by atoms with Crippen LogP contribution in [0.25, 0.3) is 0 Å². The van der Waals surface area contributed by atoms with E-state index in [1.54, 1.807) is 24.8 Å². The van der Waals surface area contributed by atoms with Gasteiger partial charge in [-0.15, -0.1) is 0 Å². The molecule has 4 heteroatoms. The lowest BCUT2D eigenvalue weighted by atomic mass is 9.88. The van der Waals surface area contributed by atoms with Crippen molar-refractivity contribution in [3.63, 3.8) is 0 Å². The molecule has 0 saturated carbocycles. The molecule has 23 heavy (non-hydrogen) atoms. The largest absolute Gasteiger partial charge is 0.388 e. The summed E-state index contributed by atoms with van der Waals surface area (Å²) in [6.07, 6.45) is 7.90. The predicted octanol–water partition coefficient (Wildman–Crippen LogP) is 3.32. The summed E-state index contributed by atoms with van der Waals surface area (Å²) in [4.78, 5) is 12.9. The third-order valence-electron chi connectivity index (χ3n) is 3.91. The van der Waals surface area contributed by atoms with E-state index in [4.69, 9.17) is 0 Å². The van der Waals surface area contributed by atoms with E-state index in [0.29, 0.717) is 0 Å². The van der Waals surface area contributed by atoms with Crippen LogP contribution in [0.4, 0.5) is 0 Å². The van der Waals surface area contributed by atoms with Crippen LogP contribution < -0.4 is 0 Å². The summed E-state index contributed by atoms with van der Waals surface area (Å²) < 4.78 is 0. The molecule has 0 bridgehead atoms. The number of hydrogen-bond acceptors (Lipinski definition) is 4. The lowest BCUT2D eigenvalue weighted by Crippen LogP contribution is -2.14. The topological polar surface area (TPSA) is 58.9 Å². The Balaban J connectivity index is 1.82. The molecule has 0 aromatic carbocycles. The second-order valence-electron chi connectivity index (χ2n) is 5.45. The van der Waals surface area contributed by atoms with Crippen LogP contribution in [0.5, 0.6) is 0 Å². The van der Waals surface area contributed by atoms with Gasteiger partial charge in [0.1, 0.15) is 0 Å². The van der Waals surface area contributed by atoms with Crippen molar-refractivity contribution in [1.82, 2.24) is 15.0 Å². The average Bonchev–Trinajstić information content (AvgIpc) is 2.64.